The number of piperidine rings is 1. The molecule has 142 valence electrons. The molecule has 1 N–H and O–H groups in total. The maximum atomic E-state index is 9.97. The topological polar surface area (TPSA) is 55.5 Å². The molecule has 1 fully saturated rings. The van der Waals surface area contributed by atoms with Crippen LogP contribution in [0.1, 0.15) is 12.8 Å². The Morgan fingerprint density at radius 3 is 2.89 bits per heavy atom. The molecule has 1 unspecified atom stereocenters. The van der Waals surface area contributed by atoms with Crippen molar-refractivity contribution < 1.29 is 9.84 Å². The molecule has 6 nitrogen and oxygen atoms in total. The van der Waals surface area contributed by atoms with E-state index < -0.39 is 0 Å². The van der Waals surface area contributed by atoms with E-state index >= 15 is 0 Å². The summed E-state index contributed by atoms with van der Waals surface area (Å²) in [7, 11) is 1.66. The van der Waals surface area contributed by atoms with Gasteiger partial charge in [-0.15, -0.1) is 16.4 Å². The van der Waals surface area contributed by atoms with E-state index in [9.17, 15) is 5.11 Å². The number of aliphatic hydroxyl groups is 1. The first-order chi connectivity index (χ1) is 13.2. The molecule has 8 heteroatoms. The van der Waals surface area contributed by atoms with Crippen molar-refractivity contribution in [2.75, 3.05) is 20.2 Å². The predicted octanol–water partition coefficient (Wildman–Crippen LogP) is 3.55. The quantitative estimate of drug-likeness (QED) is 0.662. The maximum absolute atomic E-state index is 9.97. The molecule has 0 saturated carbocycles. The zero-order valence-corrected chi connectivity index (χ0v) is 16.7. The van der Waals surface area contributed by atoms with Crippen molar-refractivity contribution in [1.29, 1.82) is 0 Å². The smallest absolute Gasteiger partial charge is 0.204 e. The molecule has 1 aromatic carbocycles. The lowest BCUT2D eigenvalue weighted by atomic mass is 10.1. The van der Waals surface area contributed by atoms with Gasteiger partial charge in [0.25, 0.3) is 0 Å². The van der Waals surface area contributed by atoms with Gasteiger partial charge in [0, 0.05) is 13.1 Å². The summed E-state index contributed by atoms with van der Waals surface area (Å²) in [5.74, 6) is 1.55. The number of rotatable bonds is 5. The van der Waals surface area contributed by atoms with Crippen LogP contribution in [0, 0.1) is 4.77 Å². The van der Waals surface area contributed by atoms with E-state index in [-0.39, 0.29) is 6.10 Å². The van der Waals surface area contributed by atoms with Crippen molar-refractivity contribution in [3.8, 4) is 22.1 Å². The van der Waals surface area contributed by atoms with Crippen LogP contribution in [-0.4, -0.2) is 50.7 Å². The normalized spacial score (nSPS) is 17.9. The van der Waals surface area contributed by atoms with Crippen LogP contribution in [0.2, 0.25) is 0 Å². The molecule has 27 heavy (non-hydrogen) atoms. The van der Waals surface area contributed by atoms with E-state index in [4.69, 9.17) is 22.1 Å². The monoisotopic (exact) mass is 402 g/mol. The van der Waals surface area contributed by atoms with Crippen LogP contribution in [0.25, 0.3) is 16.4 Å². The number of hydrogen-bond acceptors (Lipinski definition) is 6. The van der Waals surface area contributed by atoms with E-state index in [0.717, 1.165) is 41.5 Å². The number of hydrogen-bond donors (Lipinski definition) is 1. The highest BCUT2D eigenvalue weighted by molar-refractivity contribution is 7.71. The Hall–Kier alpha value is -2.00. The second-order valence-corrected chi connectivity index (χ2v) is 7.92. The van der Waals surface area contributed by atoms with E-state index in [1.54, 1.807) is 18.4 Å². The van der Waals surface area contributed by atoms with Crippen molar-refractivity contribution in [2.45, 2.75) is 25.6 Å². The van der Waals surface area contributed by atoms with Gasteiger partial charge in [0.05, 0.1) is 30.4 Å². The lowest BCUT2D eigenvalue weighted by Gasteiger charge is -2.29. The Balaban J connectivity index is 1.80. The summed E-state index contributed by atoms with van der Waals surface area (Å²) in [5.41, 5.74) is 0.873. The predicted molar refractivity (Wildman–Crippen MR) is 109 cm³/mol. The Kier molecular flexibility index (Phi) is 5.40. The van der Waals surface area contributed by atoms with Crippen LogP contribution in [-0.2, 0) is 6.67 Å². The van der Waals surface area contributed by atoms with Crippen LogP contribution >= 0.6 is 23.6 Å². The molecule has 1 aliphatic rings. The SMILES string of the molecule is COc1ccccc1-n1c(-c2cccs2)nn(CN2CCCC(O)C2)c1=S. The molecular weight excluding hydrogens is 380 g/mol. The van der Waals surface area contributed by atoms with E-state index in [2.05, 4.69) is 4.90 Å². The average molecular weight is 403 g/mol. The van der Waals surface area contributed by atoms with Crippen LogP contribution in [0.15, 0.2) is 41.8 Å². The molecule has 1 atom stereocenters. The number of methoxy groups -OCH3 is 1. The third-order valence-corrected chi connectivity index (χ3v) is 5.98. The van der Waals surface area contributed by atoms with Gasteiger partial charge in [0.15, 0.2) is 5.82 Å². The number of ether oxygens (including phenoxy) is 1. The molecule has 0 amide bonds. The van der Waals surface area contributed by atoms with E-state index in [0.29, 0.717) is 18.0 Å². The van der Waals surface area contributed by atoms with Gasteiger partial charge >= 0.3 is 0 Å². The summed E-state index contributed by atoms with van der Waals surface area (Å²) in [6.45, 7) is 2.16. The first kappa shape index (κ1) is 18.4. The fourth-order valence-electron chi connectivity index (χ4n) is 3.45. The molecule has 3 heterocycles. The van der Waals surface area contributed by atoms with Gasteiger partial charge in [-0.05, 0) is 48.6 Å². The van der Waals surface area contributed by atoms with E-state index in [1.165, 1.54) is 0 Å². The highest BCUT2D eigenvalue weighted by Gasteiger charge is 2.22. The summed E-state index contributed by atoms with van der Waals surface area (Å²) in [6.07, 6.45) is 1.57. The van der Waals surface area contributed by atoms with Crippen molar-refractivity contribution in [1.82, 2.24) is 19.2 Å². The van der Waals surface area contributed by atoms with Gasteiger partial charge < -0.3 is 9.84 Å². The third-order valence-electron chi connectivity index (χ3n) is 4.72. The minimum absolute atomic E-state index is 0.277. The summed E-state index contributed by atoms with van der Waals surface area (Å²) in [5, 5.41) is 16.8. The van der Waals surface area contributed by atoms with E-state index in [1.807, 2.05) is 51.0 Å². The number of aliphatic hydroxyl groups excluding tert-OH is 1. The Bertz CT molecular complexity index is 965. The van der Waals surface area contributed by atoms with Crippen molar-refractivity contribution in [3.63, 3.8) is 0 Å². The zero-order valence-electron chi connectivity index (χ0n) is 15.1. The summed E-state index contributed by atoms with van der Waals surface area (Å²) in [4.78, 5) is 3.24. The van der Waals surface area contributed by atoms with Crippen molar-refractivity contribution in [3.05, 3.63) is 46.5 Å². The minimum atomic E-state index is -0.277. The third kappa shape index (κ3) is 3.70. The van der Waals surface area contributed by atoms with Gasteiger partial charge in [0.2, 0.25) is 4.77 Å². The molecule has 0 radical (unpaired) electrons. The lowest BCUT2D eigenvalue weighted by Crippen LogP contribution is -2.39. The molecule has 4 rings (SSSR count). The Labute approximate surface area is 167 Å². The van der Waals surface area contributed by atoms with Crippen LogP contribution in [0.4, 0.5) is 0 Å². The molecule has 0 spiro atoms. The van der Waals surface area contributed by atoms with Crippen molar-refractivity contribution >= 4 is 23.6 Å². The van der Waals surface area contributed by atoms with Gasteiger partial charge in [-0.3, -0.25) is 9.47 Å². The number of benzene rings is 1. The highest BCUT2D eigenvalue weighted by Crippen LogP contribution is 2.31. The standard InChI is InChI=1S/C19H22N4O2S2/c1-25-16-8-3-2-7-15(16)23-18(17-9-5-11-27-17)20-22(19(23)26)13-21-10-4-6-14(24)12-21/h2-3,5,7-9,11,14,24H,4,6,10,12-13H2,1H3. The molecular formula is C19H22N4O2S2. The van der Waals surface area contributed by atoms with Crippen LogP contribution in [0.5, 0.6) is 5.75 Å². The molecule has 1 saturated heterocycles. The summed E-state index contributed by atoms with van der Waals surface area (Å²) >= 11 is 7.43. The lowest BCUT2D eigenvalue weighted by molar-refractivity contribution is 0.0513. The Morgan fingerprint density at radius 2 is 2.15 bits per heavy atom. The summed E-state index contributed by atoms with van der Waals surface area (Å²) in [6, 6.07) is 11.9. The van der Waals surface area contributed by atoms with Crippen LogP contribution in [0.3, 0.4) is 0 Å². The number of nitrogens with zero attached hydrogens (tertiary/aromatic N) is 4. The zero-order chi connectivity index (χ0) is 18.8. The summed E-state index contributed by atoms with van der Waals surface area (Å²) < 4.78 is 9.98. The Morgan fingerprint density at radius 1 is 1.30 bits per heavy atom. The largest absolute Gasteiger partial charge is 0.495 e. The maximum Gasteiger partial charge on any atom is 0.204 e. The average Bonchev–Trinajstić information content (AvgIpc) is 3.31. The molecule has 2 aromatic heterocycles. The van der Waals surface area contributed by atoms with Gasteiger partial charge in [0.1, 0.15) is 5.75 Å². The second kappa shape index (κ2) is 7.93. The van der Waals surface area contributed by atoms with Gasteiger partial charge in [-0.2, -0.15) is 0 Å². The highest BCUT2D eigenvalue weighted by atomic mass is 32.1. The number of thiophene rings is 1. The number of likely N-dealkylation sites (tertiary alicyclic amines) is 1. The second-order valence-electron chi connectivity index (χ2n) is 6.60. The fraction of sp³-hybridized carbons (Fsp3) is 0.368. The van der Waals surface area contributed by atoms with Crippen molar-refractivity contribution in [2.24, 2.45) is 0 Å². The first-order valence-corrected chi connectivity index (χ1v) is 10.2. The molecule has 1 aliphatic heterocycles. The van der Waals surface area contributed by atoms with Gasteiger partial charge in [-0.25, -0.2) is 4.68 Å². The minimum Gasteiger partial charge on any atom is -0.495 e. The molecule has 0 bridgehead atoms. The first-order valence-electron chi connectivity index (χ1n) is 8.95. The number of β-amino-alcohol motifs (C(OH)–C–C–N with tert-alkyl or cyclic N) is 1. The van der Waals surface area contributed by atoms with Gasteiger partial charge in [-0.1, -0.05) is 18.2 Å². The fourth-order valence-corrected chi connectivity index (χ4v) is 4.43. The molecule has 0 aliphatic carbocycles. The molecule has 3 aromatic rings. The number of aromatic nitrogens is 3. The number of para-hydroxylation sites is 2. The van der Waals surface area contributed by atoms with Crippen LogP contribution < -0.4 is 4.74 Å².